The quantitative estimate of drug-likeness (QED) is 0.735. The summed E-state index contributed by atoms with van der Waals surface area (Å²) in [7, 11) is 1.85. The zero-order chi connectivity index (χ0) is 12.8. The number of nitrogens with zero attached hydrogens (tertiary/aromatic N) is 1. The first kappa shape index (κ1) is 14.0. The van der Waals surface area contributed by atoms with Gasteiger partial charge in [0.15, 0.2) is 0 Å². The van der Waals surface area contributed by atoms with Crippen molar-refractivity contribution in [1.82, 2.24) is 4.90 Å². The van der Waals surface area contributed by atoms with Gasteiger partial charge in [0, 0.05) is 25.0 Å². The molecule has 0 N–H and O–H groups in total. The topological polar surface area (TPSA) is 20.3 Å². The number of hydrogen-bond acceptors (Lipinski definition) is 1. The predicted molar refractivity (Wildman–Crippen MR) is 72.4 cm³/mol. The number of alkyl halides is 1. The molecular formula is C14H20ClNO. The predicted octanol–water partition coefficient (Wildman–Crippen LogP) is 3.54. The Labute approximate surface area is 109 Å². The highest BCUT2D eigenvalue weighted by molar-refractivity contribution is 6.17. The minimum absolute atomic E-state index is 0.0669. The minimum Gasteiger partial charge on any atom is -0.341 e. The van der Waals surface area contributed by atoms with Gasteiger partial charge in [-0.2, -0.15) is 0 Å². The Kier molecular flexibility index (Phi) is 5.49. The van der Waals surface area contributed by atoms with E-state index in [1.165, 1.54) is 0 Å². The molecule has 0 saturated carbocycles. The molecule has 1 atom stereocenters. The number of amides is 1. The summed E-state index contributed by atoms with van der Waals surface area (Å²) in [4.78, 5) is 13.9. The Hall–Kier alpha value is -1.02. The Bertz CT molecular complexity index is 378. The Morgan fingerprint density at radius 3 is 2.76 bits per heavy atom. The first-order valence-corrected chi connectivity index (χ1v) is 6.52. The average molecular weight is 254 g/mol. The van der Waals surface area contributed by atoms with E-state index in [1.807, 2.05) is 31.3 Å². The van der Waals surface area contributed by atoms with E-state index in [1.54, 1.807) is 4.90 Å². The standard InChI is InChI=1S/C14H20ClNO/c1-4-11(2)10-16(3)14(17)13-7-5-6-12(8-13)9-15/h5-8,11H,4,9-10H2,1-3H3. The van der Waals surface area contributed by atoms with Gasteiger partial charge < -0.3 is 4.90 Å². The fraction of sp³-hybridized carbons (Fsp3) is 0.500. The van der Waals surface area contributed by atoms with E-state index in [2.05, 4.69) is 13.8 Å². The van der Waals surface area contributed by atoms with Crippen LogP contribution in [0.3, 0.4) is 0 Å². The molecule has 3 heteroatoms. The van der Waals surface area contributed by atoms with Crippen LogP contribution in [0.4, 0.5) is 0 Å². The first-order valence-electron chi connectivity index (χ1n) is 5.98. The van der Waals surface area contributed by atoms with Gasteiger partial charge in [0.1, 0.15) is 0 Å². The number of halogens is 1. The molecule has 2 nitrogen and oxygen atoms in total. The summed E-state index contributed by atoms with van der Waals surface area (Å²) in [6.07, 6.45) is 1.08. The fourth-order valence-corrected chi connectivity index (χ4v) is 1.85. The lowest BCUT2D eigenvalue weighted by Gasteiger charge is -2.21. The van der Waals surface area contributed by atoms with E-state index in [-0.39, 0.29) is 5.91 Å². The third-order valence-corrected chi connectivity index (χ3v) is 3.27. The highest BCUT2D eigenvalue weighted by Gasteiger charge is 2.13. The number of carbonyl (C=O) groups excluding carboxylic acids is 1. The largest absolute Gasteiger partial charge is 0.341 e. The zero-order valence-corrected chi connectivity index (χ0v) is 11.5. The summed E-state index contributed by atoms with van der Waals surface area (Å²) in [6, 6.07) is 7.51. The van der Waals surface area contributed by atoms with Gasteiger partial charge in [-0.3, -0.25) is 4.79 Å². The van der Waals surface area contributed by atoms with Gasteiger partial charge in [-0.25, -0.2) is 0 Å². The van der Waals surface area contributed by atoms with E-state index in [0.29, 0.717) is 17.4 Å². The summed E-state index contributed by atoms with van der Waals surface area (Å²) in [5, 5.41) is 0. The van der Waals surface area contributed by atoms with Crippen molar-refractivity contribution in [2.75, 3.05) is 13.6 Å². The van der Waals surface area contributed by atoms with Crippen LogP contribution in [0.2, 0.25) is 0 Å². The highest BCUT2D eigenvalue weighted by Crippen LogP contribution is 2.11. The number of rotatable bonds is 5. The molecule has 0 fully saturated rings. The smallest absolute Gasteiger partial charge is 0.253 e. The Morgan fingerprint density at radius 2 is 2.18 bits per heavy atom. The summed E-state index contributed by atoms with van der Waals surface area (Å²) >= 11 is 5.77. The molecule has 1 aromatic rings. The van der Waals surface area contributed by atoms with E-state index < -0.39 is 0 Å². The van der Waals surface area contributed by atoms with E-state index in [4.69, 9.17) is 11.6 Å². The van der Waals surface area contributed by atoms with Crippen LogP contribution in [-0.2, 0) is 5.88 Å². The van der Waals surface area contributed by atoms with Crippen LogP contribution < -0.4 is 0 Å². The Morgan fingerprint density at radius 1 is 1.47 bits per heavy atom. The molecule has 1 amide bonds. The van der Waals surface area contributed by atoms with Crippen molar-refractivity contribution < 1.29 is 4.79 Å². The molecular weight excluding hydrogens is 234 g/mol. The molecule has 0 aromatic heterocycles. The normalized spacial score (nSPS) is 12.2. The molecule has 0 aliphatic heterocycles. The van der Waals surface area contributed by atoms with Crippen molar-refractivity contribution in [2.24, 2.45) is 5.92 Å². The molecule has 94 valence electrons. The molecule has 1 rings (SSSR count). The fourth-order valence-electron chi connectivity index (χ4n) is 1.69. The molecule has 0 radical (unpaired) electrons. The van der Waals surface area contributed by atoms with Crippen LogP contribution in [0.1, 0.15) is 36.2 Å². The summed E-state index contributed by atoms with van der Waals surface area (Å²) in [5.74, 6) is 1.04. The monoisotopic (exact) mass is 253 g/mol. The van der Waals surface area contributed by atoms with Gasteiger partial charge in [-0.15, -0.1) is 11.6 Å². The van der Waals surface area contributed by atoms with Crippen LogP contribution in [0.25, 0.3) is 0 Å². The van der Waals surface area contributed by atoms with Gasteiger partial charge in [-0.05, 0) is 23.6 Å². The van der Waals surface area contributed by atoms with Crippen molar-refractivity contribution in [3.8, 4) is 0 Å². The molecule has 0 saturated heterocycles. The lowest BCUT2D eigenvalue weighted by atomic mass is 10.1. The second kappa shape index (κ2) is 6.65. The van der Waals surface area contributed by atoms with Gasteiger partial charge in [0.05, 0.1) is 0 Å². The molecule has 1 unspecified atom stereocenters. The molecule has 0 aliphatic rings. The SMILES string of the molecule is CCC(C)CN(C)C(=O)c1cccc(CCl)c1. The number of hydrogen-bond donors (Lipinski definition) is 0. The number of carbonyl (C=O) groups is 1. The number of benzene rings is 1. The maximum absolute atomic E-state index is 12.1. The second-order valence-corrected chi connectivity index (χ2v) is 4.80. The zero-order valence-electron chi connectivity index (χ0n) is 10.7. The third kappa shape index (κ3) is 4.04. The molecule has 17 heavy (non-hydrogen) atoms. The van der Waals surface area contributed by atoms with E-state index >= 15 is 0 Å². The molecule has 0 heterocycles. The van der Waals surface area contributed by atoms with Crippen LogP contribution in [0.5, 0.6) is 0 Å². The van der Waals surface area contributed by atoms with E-state index in [0.717, 1.165) is 18.5 Å². The van der Waals surface area contributed by atoms with Crippen molar-refractivity contribution in [2.45, 2.75) is 26.1 Å². The van der Waals surface area contributed by atoms with Crippen molar-refractivity contribution >= 4 is 17.5 Å². The molecule has 0 aliphatic carbocycles. The van der Waals surface area contributed by atoms with Gasteiger partial charge in [-0.1, -0.05) is 32.4 Å². The average Bonchev–Trinajstić information content (AvgIpc) is 2.37. The molecule has 0 bridgehead atoms. The second-order valence-electron chi connectivity index (χ2n) is 4.53. The minimum atomic E-state index is 0.0669. The van der Waals surface area contributed by atoms with Crippen LogP contribution in [-0.4, -0.2) is 24.4 Å². The van der Waals surface area contributed by atoms with Crippen LogP contribution in [0, 0.1) is 5.92 Å². The van der Waals surface area contributed by atoms with Crippen molar-refractivity contribution in [3.63, 3.8) is 0 Å². The third-order valence-electron chi connectivity index (χ3n) is 2.96. The van der Waals surface area contributed by atoms with Gasteiger partial charge in [0.25, 0.3) is 5.91 Å². The summed E-state index contributed by atoms with van der Waals surface area (Å²) < 4.78 is 0. The maximum Gasteiger partial charge on any atom is 0.253 e. The Balaban J connectivity index is 2.74. The lowest BCUT2D eigenvalue weighted by Crippen LogP contribution is -2.30. The van der Waals surface area contributed by atoms with Crippen molar-refractivity contribution in [3.05, 3.63) is 35.4 Å². The molecule has 1 aromatic carbocycles. The van der Waals surface area contributed by atoms with E-state index in [9.17, 15) is 4.79 Å². The summed E-state index contributed by atoms with van der Waals surface area (Å²) in [6.45, 7) is 5.08. The van der Waals surface area contributed by atoms with Crippen LogP contribution >= 0.6 is 11.6 Å². The maximum atomic E-state index is 12.1. The highest BCUT2D eigenvalue weighted by atomic mass is 35.5. The van der Waals surface area contributed by atoms with Crippen LogP contribution in [0.15, 0.2) is 24.3 Å². The van der Waals surface area contributed by atoms with Crippen molar-refractivity contribution in [1.29, 1.82) is 0 Å². The molecule has 0 spiro atoms. The first-order chi connectivity index (χ1) is 8.08. The summed E-state index contributed by atoms with van der Waals surface area (Å²) in [5.41, 5.74) is 1.70. The van der Waals surface area contributed by atoms with Gasteiger partial charge in [0.2, 0.25) is 0 Å². The lowest BCUT2D eigenvalue weighted by molar-refractivity contribution is 0.0775. The van der Waals surface area contributed by atoms with Gasteiger partial charge >= 0.3 is 0 Å².